The lowest BCUT2D eigenvalue weighted by atomic mass is 10.2. The van der Waals surface area contributed by atoms with Crippen LogP contribution in [0, 0.1) is 0 Å². The molecule has 2 saturated heterocycles. The van der Waals surface area contributed by atoms with E-state index in [2.05, 4.69) is 5.32 Å². The van der Waals surface area contributed by atoms with Gasteiger partial charge in [0.05, 0.1) is 51.1 Å². The number of amides is 2. The SMILES string of the molecule is COc1cc(NC(=O)C[NH+]2CCN(C(=O)[C@@H]3CCCO3)CC2)c(OC)cc1Cl. The van der Waals surface area contributed by atoms with E-state index in [-0.39, 0.29) is 17.9 Å². The van der Waals surface area contributed by atoms with Crippen molar-refractivity contribution in [2.24, 2.45) is 0 Å². The van der Waals surface area contributed by atoms with Gasteiger partial charge in [-0.1, -0.05) is 11.6 Å². The summed E-state index contributed by atoms with van der Waals surface area (Å²) in [6.07, 6.45) is 1.47. The second-order valence-electron chi connectivity index (χ2n) is 6.99. The summed E-state index contributed by atoms with van der Waals surface area (Å²) in [7, 11) is 3.03. The highest BCUT2D eigenvalue weighted by Gasteiger charge is 2.32. The fourth-order valence-electron chi connectivity index (χ4n) is 3.58. The summed E-state index contributed by atoms with van der Waals surface area (Å²) in [4.78, 5) is 27.9. The molecule has 0 unspecified atom stereocenters. The molecule has 2 aliphatic rings. The number of anilines is 1. The first kappa shape index (κ1) is 20.7. The van der Waals surface area contributed by atoms with E-state index in [0.29, 0.717) is 48.5 Å². The van der Waals surface area contributed by atoms with Gasteiger partial charge >= 0.3 is 0 Å². The van der Waals surface area contributed by atoms with Crippen molar-refractivity contribution in [2.75, 3.05) is 58.9 Å². The van der Waals surface area contributed by atoms with Crippen LogP contribution in [0.4, 0.5) is 5.69 Å². The van der Waals surface area contributed by atoms with Gasteiger partial charge in [-0.15, -0.1) is 0 Å². The lowest BCUT2D eigenvalue weighted by molar-refractivity contribution is -0.895. The molecule has 1 aromatic rings. The number of benzene rings is 1. The van der Waals surface area contributed by atoms with Crippen LogP contribution in [-0.4, -0.2) is 76.4 Å². The molecule has 0 aliphatic carbocycles. The smallest absolute Gasteiger partial charge is 0.279 e. The Balaban J connectivity index is 1.51. The molecule has 2 aliphatic heterocycles. The zero-order valence-electron chi connectivity index (χ0n) is 16.3. The molecule has 1 atom stereocenters. The van der Waals surface area contributed by atoms with Crippen LogP contribution in [0.1, 0.15) is 12.8 Å². The standard InChI is InChI=1S/C19H26ClN3O5/c1-26-16-11-14(17(27-2)10-13(16)20)21-18(24)12-22-5-7-23(8-6-22)19(25)15-4-3-9-28-15/h10-11,15H,3-9,12H2,1-2H3,(H,21,24)/p+1/t15-/m0/s1. The Bertz CT molecular complexity index is 716. The Morgan fingerprint density at radius 2 is 1.96 bits per heavy atom. The summed E-state index contributed by atoms with van der Waals surface area (Å²) in [5.74, 6) is 0.892. The van der Waals surface area contributed by atoms with E-state index in [1.165, 1.54) is 14.2 Å². The topological polar surface area (TPSA) is 81.5 Å². The van der Waals surface area contributed by atoms with Crippen LogP contribution in [0.15, 0.2) is 12.1 Å². The fourth-order valence-corrected chi connectivity index (χ4v) is 3.81. The second-order valence-corrected chi connectivity index (χ2v) is 7.40. The molecular formula is C19H27ClN3O5+. The molecule has 8 nitrogen and oxygen atoms in total. The Kier molecular flexibility index (Phi) is 6.98. The van der Waals surface area contributed by atoms with Crippen molar-refractivity contribution >= 4 is 29.1 Å². The van der Waals surface area contributed by atoms with Crippen molar-refractivity contribution in [2.45, 2.75) is 18.9 Å². The highest BCUT2D eigenvalue weighted by atomic mass is 35.5. The van der Waals surface area contributed by atoms with E-state index in [0.717, 1.165) is 30.8 Å². The molecule has 0 saturated carbocycles. The second kappa shape index (κ2) is 9.45. The lowest BCUT2D eigenvalue weighted by Crippen LogP contribution is -3.15. The van der Waals surface area contributed by atoms with Gasteiger partial charge in [0, 0.05) is 18.7 Å². The van der Waals surface area contributed by atoms with Gasteiger partial charge < -0.3 is 29.3 Å². The number of nitrogens with zero attached hydrogens (tertiary/aromatic N) is 1. The quantitative estimate of drug-likeness (QED) is 0.697. The molecule has 0 bridgehead atoms. The Morgan fingerprint density at radius 1 is 1.25 bits per heavy atom. The van der Waals surface area contributed by atoms with Crippen LogP contribution in [0.2, 0.25) is 5.02 Å². The molecule has 2 heterocycles. The average Bonchev–Trinajstić information content (AvgIpc) is 3.23. The van der Waals surface area contributed by atoms with Gasteiger partial charge in [0.25, 0.3) is 11.8 Å². The number of rotatable bonds is 6. The highest BCUT2D eigenvalue weighted by Crippen LogP contribution is 2.35. The number of halogens is 1. The molecule has 9 heteroatoms. The Labute approximate surface area is 169 Å². The normalized spacial score (nSPS) is 20.1. The lowest BCUT2D eigenvalue weighted by Gasteiger charge is -2.33. The van der Waals surface area contributed by atoms with Crippen LogP contribution in [0.25, 0.3) is 0 Å². The Hall–Kier alpha value is -2.03. The molecule has 1 aromatic carbocycles. The summed E-state index contributed by atoms with van der Waals surface area (Å²) in [5.41, 5.74) is 0.514. The summed E-state index contributed by atoms with van der Waals surface area (Å²) in [5, 5.41) is 3.28. The van der Waals surface area contributed by atoms with Gasteiger partial charge in [-0.05, 0) is 12.8 Å². The minimum atomic E-state index is -0.280. The largest absolute Gasteiger partial charge is 0.495 e. The number of hydrogen-bond donors (Lipinski definition) is 2. The van der Waals surface area contributed by atoms with Crippen molar-refractivity contribution in [3.63, 3.8) is 0 Å². The van der Waals surface area contributed by atoms with Crippen molar-refractivity contribution in [3.05, 3.63) is 17.2 Å². The van der Waals surface area contributed by atoms with Crippen molar-refractivity contribution in [1.29, 1.82) is 0 Å². The van der Waals surface area contributed by atoms with Crippen LogP contribution in [0.5, 0.6) is 11.5 Å². The number of nitrogens with one attached hydrogen (secondary N) is 2. The predicted octanol–water partition coefficient (Wildman–Crippen LogP) is 0.202. The molecule has 2 N–H and O–H groups in total. The predicted molar refractivity (Wildman–Crippen MR) is 104 cm³/mol. The first-order valence-electron chi connectivity index (χ1n) is 9.47. The van der Waals surface area contributed by atoms with Crippen LogP contribution < -0.4 is 19.7 Å². The maximum Gasteiger partial charge on any atom is 0.279 e. The monoisotopic (exact) mass is 412 g/mol. The number of piperazine rings is 1. The molecule has 3 rings (SSSR count). The number of ether oxygens (including phenoxy) is 3. The van der Waals surface area contributed by atoms with Gasteiger partial charge in [0.15, 0.2) is 6.54 Å². The summed E-state index contributed by atoms with van der Waals surface area (Å²) < 4.78 is 16.0. The average molecular weight is 413 g/mol. The number of carbonyl (C=O) groups is 2. The van der Waals surface area contributed by atoms with E-state index in [4.69, 9.17) is 25.8 Å². The van der Waals surface area contributed by atoms with Crippen LogP contribution in [-0.2, 0) is 14.3 Å². The summed E-state index contributed by atoms with van der Waals surface area (Å²) in [6.45, 7) is 3.72. The molecule has 28 heavy (non-hydrogen) atoms. The summed E-state index contributed by atoms with van der Waals surface area (Å²) >= 11 is 6.10. The molecule has 0 spiro atoms. The highest BCUT2D eigenvalue weighted by molar-refractivity contribution is 6.32. The number of quaternary nitrogens is 1. The van der Waals surface area contributed by atoms with Gasteiger partial charge in [0.1, 0.15) is 17.6 Å². The van der Waals surface area contributed by atoms with E-state index in [1.807, 2.05) is 4.90 Å². The number of carbonyl (C=O) groups excluding carboxylic acids is 2. The van der Waals surface area contributed by atoms with E-state index < -0.39 is 0 Å². The number of hydrogen-bond acceptors (Lipinski definition) is 5. The van der Waals surface area contributed by atoms with Crippen molar-refractivity contribution in [3.8, 4) is 11.5 Å². The molecule has 154 valence electrons. The van der Waals surface area contributed by atoms with E-state index in [1.54, 1.807) is 12.1 Å². The van der Waals surface area contributed by atoms with Gasteiger partial charge in [-0.2, -0.15) is 0 Å². The first-order chi connectivity index (χ1) is 13.5. The zero-order chi connectivity index (χ0) is 20.1. The maximum atomic E-state index is 12.5. The molecule has 0 aromatic heterocycles. The van der Waals surface area contributed by atoms with Gasteiger partial charge in [-0.3, -0.25) is 9.59 Å². The fraction of sp³-hybridized carbons (Fsp3) is 0.579. The zero-order valence-corrected chi connectivity index (χ0v) is 17.0. The van der Waals surface area contributed by atoms with E-state index in [9.17, 15) is 9.59 Å². The van der Waals surface area contributed by atoms with Gasteiger partial charge in [0.2, 0.25) is 0 Å². The van der Waals surface area contributed by atoms with Gasteiger partial charge in [-0.25, -0.2) is 0 Å². The van der Waals surface area contributed by atoms with Crippen LogP contribution >= 0.6 is 11.6 Å². The molecule has 2 fully saturated rings. The molecule has 2 amide bonds. The third-order valence-electron chi connectivity index (χ3n) is 5.15. The molecule has 0 radical (unpaired) electrons. The number of methoxy groups -OCH3 is 2. The minimum absolute atomic E-state index is 0.0824. The Morgan fingerprint density at radius 3 is 2.57 bits per heavy atom. The molecular weight excluding hydrogens is 386 g/mol. The van der Waals surface area contributed by atoms with E-state index >= 15 is 0 Å². The summed E-state index contributed by atoms with van der Waals surface area (Å²) in [6, 6.07) is 3.25. The maximum absolute atomic E-state index is 12.5. The minimum Gasteiger partial charge on any atom is -0.495 e. The van der Waals surface area contributed by atoms with Crippen molar-refractivity contribution in [1.82, 2.24) is 4.90 Å². The van der Waals surface area contributed by atoms with Crippen molar-refractivity contribution < 1.29 is 28.7 Å². The third-order valence-corrected chi connectivity index (χ3v) is 5.44. The third kappa shape index (κ3) is 4.87. The van der Waals surface area contributed by atoms with Crippen LogP contribution in [0.3, 0.4) is 0 Å². The first-order valence-corrected chi connectivity index (χ1v) is 9.85.